The molecule has 7 heteroatoms. The smallest absolute Gasteiger partial charge is 0.191 e. The van der Waals surface area contributed by atoms with Crippen LogP contribution in [-0.4, -0.2) is 49.8 Å². The number of hydrogen-bond donors (Lipinski definition) is 2. The lowest BCUT2D eigenvalue weighted by Crippen LogP contribution is -2.41. The third-order valence-corrected chi connectivity index (χ3v) is 3.48. The van der Waals surface area contributed by atoms with Crippen molar-refractivity contribution in [3.05, 3.63) is 23.9 Å². The Labute approximate surface area is 156 Å². The average molecular weight is 433 g/mol. The second-order valence-electron chi connectivity index (χ2n) is 5.38. The molecule has 0 radical (unpaired) electrons. The number of pyridine rings is 1. The highest BCUT2D eigenvalue weighted by Crippen LogP contribution is 2.15. The minimum absolute atomic E-state index is 0. The molecule has 1 aliphatic rings. The van der Waals surface area contributed by atoms with Gasteiger partial charge in [0.15, 0.2) is 5.96 Å². The number of halogens is 1. The zero-order valence-corrected chi connectivity index (χ0v) is 16.5. The molecule has 130 valence electrons. The molecule has 23 heavy (non-hydrogen) atoms. The van der Waals surface area contributed by atoms with Crippen LogP contribution in [-0.2, 0) is 11.3 Å². The summed E-state index contributed by atoms with van der Waals surface area (Å²) in [4.78, 5) is 11.4. The molecular formula is C16H28IN5O. The zero-order chi connectivity index (χ0) is 15.8. The molecule has 6 nitrogen and oxygen atoms in total. The molecule has 1 aromatic heterocycles. The lowest BCUT2D eigenvalue weighted by atomic mass is 10.2. The molecule has 0 aliphatic carbocycles. The van der Waals surface area contributed by atoms with Crippen LogP contribution in [0.5, 0.6) is 0 Å². The van der Waals surface area contributed by atoms with E-state index in [9.17, 15) is 0 Å². The molecule has 0 aromatic carbocycles. The molecule has 1 unspecified atom stereocenters. The number of nitrogens with one attached hydrogen (secondary N) is 2. The zero-order valence-electron chi connectivity index (χ0n) is 14.2. The molecule has 0 spiro atoms. The molecule has 1 saturated heterocycles. The van der Waals surface area contributed by atoms with E-state index in [0.29, 0.717) is 6.54 Å². The summed E-state index contributed by atoms with van der Waals surface area (Å²) in [7, 11) is 0. The first kappa shape index (κ1) is 20.0. The molecule has 1 aliphatic heterocycles. The molecule has 1 atom stereocenters. The van der Waals surface area contributed by atoms with Crippen molar-refractivity contribution < 1.29 is 4.74 Å². The third kappa shape index (κ3) is 6.50. The van der Waals surface area contributed by atoms with E-state index in [1.165, 1.54) is 0 Å². The van der Waals surface area contributed by atoms with E-state index in [0.717, 1.165) is 50.1 Å². The maximum atomic E-state index is 5.56. The Hall–Kier alpha value is -1.09. The van der Waals surface area contributed by atoms with E-state index in [1.54, 1.807) is 0 Å². The molecule has 0 amide bonds. The number of aromatic nitrogens is 1. The van der Waals surface area contributed by atoms with Gasteiger partial charge in [0.25, 0.3) is 0 Å². The minimum Gasteiger partial charge on any atom is -0.375 e. The van der Waals surface area contributed by atoms with Crippen LogP contribution in [0.25, 0.3) is 0 Å². The molecule has 2 rings (SSSR count). The van der Waals surface area contributed by atoms with Gasteiger partial charge in [-0.1, -0.05) is 6.07 Å². The van der Waals surface area contributed by atoms with Crippen molar-refractivity contribution >= 4 is 35.8 Å². The number of guanidine groups is 1. The average Bonchev–Trinajstić information content (AvgIpc) is 2.53. The molecule has 0 bridgehead atoms. The largest absolute Gasteiger partial charge is 0.375 e. The van der Waals surface area contributed by atoms with Gasteiger partial charge >= 0.3 is 0 Å². The van der Waals surface area contributed by atoms with Crippen molar-refractivity contribution in [2.75, 3.05) is 37.7 Å². The van der Waals surface area contributed by atoms with Crippen LogP contribution < -0.4 is 15.5 Å². The van der Waals surface area contributed by atoms with Crippen LogP contribution in [0.1, 0.15) is 26.3 Å². The van der Waals surface area contributed by atoms with Gasteiger partial charge in [-0.25, -0.2) is 9.98 Å². The second-order valence-corrected chi connectivity index (χ2v) is 5.38. The summed E-state index contributed by atoms with van der Waals surface area (Å²) in [5.74, 6) is 1.86. The van der Waals surface area contributed by atoms with Crippen molar-refractivity contribution in [1.29, 1.82) is 0 Å². The van der Waals surface area contributed by atoms with Gasteiger partial charge in [-0.05, 0) is 32.4 Å². The number of anilines is 1. The summed E-state index contributed by atoms with van der Waals surface area (Å²) >= 11 is 0. The van der Waals surface area contributed by atoms with Gasteiger partial charge in [0.2, 0.25) is 0 Å². The van der Waals surface area contributed by atoms with Gasteiger partial charge in [-0.2, -0.15) is 0 Å². The van der Waals surface area contributed by atoms with Crippen molar-refractivity contribution in [1.82, 2.24) is 15.6 Å². The Morgan fingerprint density at radius 1 is 1.35 bits per heavy atom. The van der Waals surface area contributed by atoms with Crippen LogP contribution in [0.2, 0.25) is 0 Å². The second kappa shape index (κ2) is 10.6. The third-order valence-electron chi connectivity index (χ3n) is 3.48. The normalized spacial score (nSPS) is 17.2. The predicted octanol–water partition coefficient (Wildman–Crippen LogP) is 2.00. The summed E-state index contributed by atoms with van der Waals surface area (Å²) in [5, 5.41) is 6.44. The Kier molecular flexibility index (Phi) is 9.23. The fourth-order valence-electron chi connectivity index (χ4n) is 2.40. The van der Waals surface area contributed by atoms with E-state index < -0.39 is 0 Å². The fourth-order valence-corrected chi connectivity index (χ4v) is 2.40. The van der Waals surface area contributed by atoms with Crippen LogP contribution in [0.4, 0.5) is 5.82 Å². The van der Waals surface area contributed by atoms with E-state index in [4.69, 9.17) is 4.74 Å². The van der Waals surface area contributed by atoms with Gasteiger partial charge in [0.05, 0.1) is 19.3 Å². The van der Waals surface area contributed by atoms with Crippen LogP contribution >= 0.6 is 24.0 Å². The number of rotatable bonds is 5. The van der Waals surface area contributed by atoms with Crippen molar-refractivity contribution in [2.24, 2.45) is 4.99 Å². The van der Waals surface area contributed by atoms with Gasteiger partial charge in [0, 0.05) is 32.4 Å². The lowest BCUT2D eigenvalue weighted by Gasteiger charge is -2.32. The van der Waals surface area contributed by atoms with Crippen molar-refractivity contribution in [2.45, 2.75) is 33.4 Å². The van der Waals surface area contributed by atoms with Crippen LogP contribution in [0.3, 0.4) is 0 Å². The van der Waals surface area contributed by atoms with Crippen molar-refractivity contribution in [3.63, 3.8) is 0 Å². The van der Waals surface area contributed by atoms with E-state index in [2.05, 4.69) is 58.4 Å². The van der Waals surface area contributed by atoms with Gasteiger partial charge in [-0.3, -0.25) is 0 Å². The summed E-state index contributed by atoms with van der Waals surface area (Å²) in [6.07, 6.45) is 2.18. The monoisotopic (exact) mass is 433 g/mol. The number of morpholine rings is 1. The fraction of sp³-hybridized carbons (Fsp3) is 0.625. The number of ether oxygens (including phenoxy) is 1. The SMILES string of the molecule is CCNC(=NCc1ccc(N2CCOC(C)C2)nc1)NCC.I. The first-order chi connectivity index (χ1) is 10.7. The highest BCUT2D eigenvalue weighted by atomic mass is 127. The Bertz CT molecular complexity index is 472. The Balaban J connectivity index is 0.00000264. The van der Waals surface area contributed by atoms with E-state index in [-0.39, 0.29) is 30.1 Å². The van der Waals surface area contributed by atoms with Gasteiger partial charge in [-0.15, -0.1) is 24.0 Å². The van der Waals surface area contributed by atoms with E-state index >= 15 is 0 Å². The molecule has 0 saturated carbocycles. The maximum absolute atomic E-state index is 5.56. The highest BCUT2D eigenvalue weighted by molar-refractivity contribution is 14.0. The van der Waals surface area contributed by atoms with Gasteiger partial charge in [0.1, 0.15) is 5.82 Å². The molecular weight excluding hydrogens is 405 g/mol. The maximum Gasteiger partial charge on any atom is 0.191 e. The number of nitrogens with zero attached hydrogens (tertiary/aromatic N) is 3. The lowest BCUT2D eigenvalue weighted by molar-refractivity contribution is 0.0529. The molecule has 1 fully saturated rings. The van der Waals surface area contributed by atoms with Crippen LogP contribution in [0.15, 0.2) is 23.3 Å². The van der Waals surface area contributed by atoms with Crippen LogP contribution in [0, 0.1) is 0 Å². The number of hydrogen-bond acceptors (Lipinski definition) is 4. The Morgan fingerprint density at radius 2 is 2.09 bits per heavy atom. The molecule has 1 aromatic rings. The summed E-state index contributed by atoms with van der Waals surface area (Å²) in [5.41, 5.74) is 1.11. The summed E-state index contributed by atoms with van der Waals surface area (Å²) < 4.78 is 5.56. The number of aliphatic imine (C=N–C) groups is 1. The standard InChI is InChI=1S/C16H27N5O.HI/c1-4-17-16(18-5-2)20-11-14-6-7-15(19-10-14)21-8-9-22-13(3)12-21;/h6-7,10,13H,4-5,8-9,11-12H2,1-3H3,(H2,17,18,20);1H. The first-order valence-electron chi connectivity index (χ1n) is 8.06. The van der Waals surface area contributed by atoms with Crippen molar-refractivity contribution in [3.8, 4) is 0 Å². The first-order valence-corrected chi connectivity index (χ1v) is 8.06. The van der Waals surface area contributed by atoms with Gasteiger partial charge < -0.3 is 20.3 Å². The minimum atomic E-state index is 0. The Morgan fingerprint density at radius 3 is 2.65 bits per heavy atom. The van der Waals surface area contributed by atoms with E-state index in [1.807, 2.05) is 6.20 Å². The quantitative estimate of drug-likeness (QED) is 0.423. The molecule has 2 N–H and O–H groups in total. The summed E-state index contributed by atoms with van der Waals surface area (Å²) in [6, 6.07) is 4.17. The molecule has 2 heterocycles. The predicted molar refractivity (Wildman–Crippen MR) is 106 cm³/mol. The topological polar surface area (TPSA) is 61.8 Å². The summed E-state index contributed by atoms with van der Waals surface area (Å²) in [6.45, 7) is 11.1. The highest BCUT2D eigenvalue weighted by Gasteiger charge is 2.17.